The van der Waals surface area contributed by atoms with E-state index in [0.717, 1.165) is 51.7 Å². The SMILES string of the molecule is COCCc1cc(CNCCCCOCCNc2cc(-c3cnnc(N)c3)cc3[nH]ncc23)cc(OC(F)(F)F)c1. The number of anilines is 2. The van der Waals surface area contributed by atoms with Crippen LogP contribution in [0.5, 0.6) is 5.75 Å². The van der Waals surface area contributed by atoms with Crippen LogP contribution in [-0.2, 0) is 22.4 Å². The standard InChI is InChI=1S/C28H34F3N7O3/c1-39-8-4-19-10-20(12-23(11-19)41-28(29,30)31)16-33-5-2-3-7-40-9-6-34-25-13-21(14-26-24(25)18-36-37-26)22-15-27(32)38-35-17-22/h10-15,17-18,33-34H,2-9,16H2,1H3,(H2,32,38)(H,36,37). The van der Waals surface area contributed by atoms with Gasteiger partial charge in [-0.3, -0.25) is 5.10 Å². The molecule has 0 saturated carbocycles. The second-order valence-corrected chi connectivity index (χ2v) is 9.42. The van der Waals surface area contributed by atoms with E-state index in [0.29, 0.717) is 51.7 Å². The smallest absolute Gasteiger partial charge is 0.406 e. The summed E-state index contributed by atoms with van der Waals surface area (Å²) in [6.07, 6.45) is 0.914. The molecule has 0 amide bonds. The van der Waals surface area contributed by atoms with Crippen LogP contribution < -0.4 is 21.1 Å². The number of hydrogen-bond donors (Lipinski definition) is 4. The molecule has 4 rings (SSSR count). The summed E-state index contributed by atoms with van der Waals surface area (Å²) in [5.74, 6) is 0.131. The maximum absolute atomic E-state index is 12.7. The van der Waals surface area contributed by atoms with E-state index in [1.807, 2.05) is 18.2 Å². The minimum atomic E-state index is -4.73. The molecule has 0 saturated heterocycles. The number of H-pyrrole nitrogens is 1. The van der Waals surface area contributed by atoms with Gasteiger partial charge in [0.2, 0.25) is 0 Å². The molecule has 0 aliphatic heterocycles. The summed E-state index contributed by atoms with van der Waals surface area (Å²) in [7, 11) is 1.55. The number of aromatic amines is 1. The van der Waals surface area contributed by atoms with Crippen LogP contribution >= 0.6 is 0 Å². The van der Waals surface area contributed by atoms with Crippen LogP contribution in [0.15, 0.2) is 48.8 Å². The van der Waals surface area contributed by atoms with Crippen molar-refractivity contribution in [3.8, 4) is 16.9 Å². The third-order valence-corrected chi connectivity index (χ3v) is 6.20. The number of rotatable bonds is 16. The molecule has 13 heteroatoms. The zero-order valence-electron chi connectivity index (χ0n) is 22.8. The van der Waals surface area contributed by atoms with Crippen molar-refractivity contribution in [3.05, 3.63) is 59.9 Å². The predicted octanol–water partition coefficient (Wildman–Crippen LogP) is 4.69. The number of nitrogens with two attached hydrogens (primary N) is 1. The quantitative estimate of drug-likeness (QED) is 0.141. The Kier molecular flexibility index (Phi) is 10.7. The topological polar surface area (TPSA) is 132 Å². The number of unbranched alkanes of at least 4 members (excludes halogenated alkanes) is 1. The number of hydrogen-bond acceptors (Lipinski definition) is 9. The maximum Gasteiger partial charge on any atom is 0.573 e. The van der Waals surface area contributed by atoms with E-state index in [-0.39, 0.29) is 5.75 Å². The molecule has 4 aromatic rings. The number of alkyl halides is 3. The minimum Gasteiger partial charge on any atom is -0.406 e. The van der Waals surface area contributed by atoms with Crippen LogP contribution in [0, 0.1) is 0 Å². The Balaban J connectivity index is 1.16. The molecular weight excluding hydrogens is 539 g/mol. The van der Waals surface area contributed by atoms with Gasteiger partial charge < -0.3 is 30.6 Å². The largest absolute Gasteiger partial charge is 0.573 e. The molecule has 0 fully saturated rings. The lowest BCUT2D eigenvalue weighted by Gasteiger charge is -2.13. The Morgan fingerprint density at radius 1 is 0.927 bits per heavy atom. The average Bonchev–Trinajstić information content (AvgIpc) is 3.41. The highest BCUT2D eigenvalue weighted by Crippen LogP contribution is 2.30. The van der Waals surface area contributed by atoms with Crippen LogP contribution in [-0.4, -0.2) is 66.8 Å². The first-order chi connectivity index (χ1) is 19.8. The second-order valence-electron chi connectivity index (χ2n) is 9.42. The van der Waals surface area contributed by atoms with Crippen LogP contribution in [0.4, 0.5) is 24.7 Å². The van der Waals surface area contributed by atoms with Gasteiger partial charge in [0.05, 0.1) is 31.1 Å². The molecular formula is C28H34F3N7O3. The highest BCUT2D eigenvalue weighted by molar-refractivity contribution is 5.95. The van der Waals surface area contributed by atoms with Crippen molar-refractivity contribution in [3.63, 3.8) is 0 Å². The summed E-state index contributed by atoms with van der Waals surface area (Å²) >= 11 is 0. The van der Waals surface area contributed by atoms with Gasteiger partial charge in [-0.2, -0.15) is 10.2 Å². The molecule has 0 atom stereocenters. The molecule has 220 valence electrons. The van der Waals surface area contributed by atoms with Crippen molar-refractivity contribution in [1.82, 2.24) is 25.7 Å². The fourth-order valence-electron chi connectivity index (χ4n) is 4.34. The van der Waals surface area contributed by atoms with Crippen LogP contribution in [0.3, 0.4) is 0 Å². The number of aromatic nitrogens is 4. The Morgan fingerprint density at radius 3 is 2.59 bits per heavy atom. The first-order valence-corrected chi connectivity index (χ1v) is 13.3. The average molecular weight is 574 g/mol. The van der Waals surface area contributed by atoms with E-state index in [9.17, 15) is 13.2 Å². The van der Waals surface area contributed by atoms with E-state index in [4.69, 9.17) is 15.2 Å². The van der Waals surface area contributed by atoms with E-state index in [2.05, 4.69) is 35.8 Å². The summed E-state index contributed by atoms with van der Waals surface area (Å²) in [6, 6.07) is 10.4. The number of nitrogen functional groups attached to an aromatic ring is 1. The number of halogens is 3. The van der Waals surface area contributed by atoms with Gasteiger partial charge in [0.25, 0.3) is 0 Å². The first kappa shape index (κ1) is 30.0. The van der Waals surface area contributed by atoms with Gasteiger partial charge in [-0.25, -0.2) is 0 Å². The van der Waals surface area contributed by atoms with Crippen molar-refractivity contribution in [1.29, 1.82) is 0 Å². The number of methoxy groups -OCH3 is 1. The van der Waals surface area contributed by atoms with E-state index in [1.54, 1.807) is 25.6 Å². The second kappa shape index (κ2) is 14.6. The van der Waals surface area contributed by atoms with Crippen molar-refractivity contribution in [2.45, 2.75) is 32.2 Å². The van der Waals surface area contributed by atoms with E-state index >= 15 is 0 Å². The van der Waals surface area contributed by atoms with E-state index in [1.165, 1.54) is 12.1 Å². The Hall–Kier alpha value is -3.94. The lowest BCUT2D eigenvalue weighted by atomic mass is 10.0. The molecule has 0 aliphatic carbocycles. The molecule has 0 aliphatic rings. The van der Waals surface area contributed by atoms with Gasteiger partial charge in [0.15, 0.2) is 0 Å². The van der Waals surface area contributed by atoms with Crippen LogP contribution in [0.1, 0.15) is 24.0 Å². The monoisotopic (exact) mass is 573 g/mol. The normalized spacial score (nSPS) is 11.7. The number of nitrogens with one attached hydrogen (secondary N) is 3. The van der Waals surface area contributed by atoms with Gasteiger partial charge in [0.1, 0.15) is 11.6 Å². The molecule has 41 heavy (non-hydrogen) atoms. The summed E-state index contributed by atoms with van der Waals surface area (Å²) in [6.45, 7) is 3.29. The molecule has 2 aromatic carbocycles. The fraction of sp³-hybridized carbons (Fsp3) is 0.393. The summed E-state index contributed by atoms with van der Waals surface area (Å²) in [5, 5.41) is 22.5. The molecule has 0 bridgehead atoms. The number of benzene rings is 2. The zero-order valence-corrected chi connectivity index (χ0v) is 22.8. The van der Waals surface area contributed by atoms with Gasteiger partial charge in [-0.15, -0.1) is 18.3 Å². The highest BCUT2D eigenvalue weighted by Gasteiger charge is 2.31. The van der Waals surface area contributed by atoms with Crippen molar-refractivity contribution < 1.29 is 27.4 Å². The van der Waals surface area contributed by atoms with Crippen molar-refractivity contribution >= 4 is 22.4 Å². The summed E-state index contributed by atoms with van der Waals surface area (Å²) in [4.78, 5) is 0. The first-order valence-electron chi connectivity index (χ1n) is 13.3. The Bertz CT molecular complexity index is 1400. The third-order valence-electron chi connectivity index (χ3n) is 6.20. The molecule has 0 radical (unpaired) electrons. The minimum absolute atomic E-state index is 0.218. The Morgan fingerprint density at radius 2 is 1.78 bits per heavy atom. The van der Waals surface area contributed by atoms with Gasteiger partial charge in [0, 0.05) is 43.4 Å². The number of fused-ring (bicyclic) bond motifs is 1. The van der Waals surface area contributed by atoms with E-state index < -0.39 is 6.36 Å². The molecule has 2 heterocycles. The summed E-state index contributed by atoms with van der Waals surface area (Å²) in [5.41, 5.74) is 10.8. The van der Waals surface area contributed by atoms with Crippen LogP contribution in [0.25, 0.3) is 22.0 Å². The van der Waals surface area contributed by atoms with Crippen molar-refractivity contribution in [2.75, 3.05) is 51.1 Å². The molecule has 10 nitrogen and oxygen atoms in total. The fourth-order valence-corrected chi connectivity index (χ4v) is 4.34. The number of ether oxygens (including phenoxy) is 3. The third kappa shape index (κ3) is 9.59. The highest BCUT2D eigenvalue weighted by atomic mass is 19.4. The molecule has 2 aromatic heterocycles. The lowest BCUT2D eigenvalue weighted by Crippen LogP contribution is -2.19. The molecule has 5 N–H and O–H groups in total. The van der Waals surface area contributed by atoms with Gasteiger partial charge in [-0.1, -0.05) is 6.07 Å². The maximum atomic E-state index is 12.7. The number of nitrogens with zero attached hydrogens (tertiary/aromatic N) is 3. The van der Waals surface area contributed by atoms with Gasteiger partial charge >= 0.3 is 6.36 Å². The summed E-state index contributed by atoms with van der Waals surface area (Å²) < 4.78 is 53.0. The Labute approximate surface area is 235 Å². The van der Waals surface area contributed by atoms with Crippen LogP contribution in [0.2, 0.25) is 0 Å². The predicted molar refractivity (Wildman–Crippen MR) is 150 cm³/mol. The lowest BCUT2D eigenvalue weighted by molar-refractivity contribution is -0.274. The molecule has 0 spiro atoms. The van der Waals surface area contributed by atoms with Gasteiger partial charge in [-0.05, 0) is 72.8 Å². The molecule has 0 unspecified atom stereocenters. The zero-order chi connectivity index (χ0) is 29.1. The van der Waals surface area contributed by atoms with Crippen molar-refractivity contribution in [2.24, 2.45) is 0 Å².